The molecule has 5 heteroatoms. The summed E-state index contributed by atoms with van der Waals surface area (Å²) in [6.07, 6.45) is 0. The number of halogens is 2. The van der Waals surface area contributed by atoms with Crippen molar-refractivity contribution in [3.8, 4) is 0 Å². The van der Waals surface area contributed by atoms with Crippen LogP contribution in [-0.4, -0.2) is 39.6 Å². The predicted molar refractivity (Wildman–Crippen MR) is 36.5 cm³/mol. The molecule has 0 aliphatic rings. The van der Waals surface area contributed by atoms with Crippen molar-refractivity contribution >= 4 is 7.47 Å². The van der Waals surface area contributed by atoms with E-state index in [1.54, 1.807) is 0 Å². The standard InChI is InChI=1S/C5H14N.BF2O/c1-5-6(2,3)4;2-1(3)4/h5H2,1-4H3;/q+1;-1. The summed E-state index contributed by atoms with van der Waals surface area (Å²) in [5.41, 5.74) is 0. The third-order valence-electron chi connectivity index (χ3n) is 0.949. The molecule has 2 nitrogen and oxygen atoms in total. The summed E-state index contributed by atoms with van der Waals surface area (Å²) in [5.74, 6) is 0. The van der Waals surface area contributed by atoms with E-state index in [-0.39, 0.29) is 0 Å². The van der Waals surface area contributed by atoms with E-state index in [1.807, 2.05) is 0 Å². The number of nitrogens with zero attached hydrogens (tertiary/aromatic N) is 1. The quantitative estimate of drug-likeness (QED) is 0.383. The van der Waals surface area contributed by atoms with Crippen molar-refractivity contribution in [2.75, 3.05) is 27.7 Å². The molecule has 0 unspecified atom stereocenters. The lowest BCUT2D eigenvalue weighted by Gasteiger charge is -2.20. The Balaban J connectivity index is 0. The molecule has 0 saturated carbocycles. The van der Waals surface area contributed by atoms with Gasteiger partial charge in [-0.2, -0.15) is 0 Å². The first kappa shape index (κ1) is 12.5. The van der Waals surface area contributed by atoms with Crippen LogP contribution in [0.25, 0.3) is 0 Å². The molecular formula is C5H14BF2NO. The fraction of sp³-hybridized carbons (Fsp3) is 1.00. The van der Waals surface area contributed by atoms with E-state index in [9.17, 15) is 8.63 Å². The molecule has 0 heterocycles. The van der Waals surface area contributed by atoms with Crippen molar-refractivity contribution in [2.24, 2.45) is 0 Å². The summed E-state index contributed by atoms with van der Waals surface area (Å²) in [6.45, 7) is 3.39. The fourth-order valence-corrected chi connectivity index (χ4v) is 0. The molecule has 0 aromatic heterocycles. The first-order valence-corrected chi connectivity index (χ1v) is 3.04. The third-order valence-corrected chi connectivity index (χ3v) is 0.949. The smallest absolute Gasteiger partial charge is 0.447 e. The number of hydrogen-bond donors (Lipinski definition) is 0. The summed E-state index contributed by atoms with van der Waals surface area (Å²) in [6, 6.07) is 0. The van der Waals surface area contributed by atoms with Crippen LogP contribution in [0.4, 0.5) is 8.63 Å². The van der Waals surface area contributed by atoms with Gasteiger partial charge in [-0.3, -0.25) is 0 Å². The average molecular weight is 153 g/mol. The normalized spacial score (nSPS) is 9.90. The van der Waals surface area contributed by atoms with E-state index in [0.717, 1.165) is 4.48 Å². The minimum Gasteiger partial charge on any atom is -0.824 e. The van der Waals surface area contributed by atoms with E-state index in [4.69, 9.17) is 5.02 Å². The van der Waals surface area contributed by atoms with Gasteiger partial charge in [-0.1, -0.05) is 0 Å². The van der Waals surface area contributed by atoms with Gasteiger partial charge in [0.1, 0.15) is 0 Å². The van der Waals surface area contributed by atoms with Crippen LogP contribution >= 0.6 is 0 Å². The van der Waals surface area contributed by atoms with Crippen LogP contribution < -0.4 is 5.02 Å². The minimum absolute atomic E-state index is 1.07. The molecule has 0 amide bonds. The second kappa shape index (κ2) is 5.62. The molecule has 62 valence electrons. The van der Waals surface area contributed by atoms with Gasteiger partial charge < -0.3 is 18.1 Å². The van der Waals surface area contributed by atoms with Gasteiger partial charge in [-0.05, 0) is 6.92 Å². The molecule has 0 radical (unpaired) electrons. The van der Waals surface area contributed by atoms with Gasteiger partial charge >= 0.3 is 7.47 Å². The van der Waals surface area contributed by atoms with Gasteiger partial charge in [-0.25, -0.2) is 0 Å². The third kappa shape index (κ3) is 45.4. The largest absolute Gasteiger partial charge is 0.824 e. The van der Waals surface area contributed by atoms with Crippen LogP contribution in [0, 0.1) is 0 Å². The summed E-state index contributed by atoms with van der Waals surface area (Å²) < 4.78 is 20.6. The SMILES string of the molecule is CC[N+](C)(C)C.[O-]B(F)F. The van der Waals surface area contributed by atoms with E-state index in [2.05, 4.69) is 28.1 Å². The Morgan fingerprint density at radius 1 is 1.30 bits per heavy atom. The molecule has 0 saturated heterocycles. The first-order valence-electron chi connectivity index (χ1n) is 3.04. The molecule has 0 aromatic carbocycles. The maximum atomic E-state index is 9.78. The lowest BCUT2D eigenvalue weighted by molar-refractivity contribution is -0.868. The average Bonchev–Trinajstić information content (AvgIpc) is 1.63. The second-order valence-electron chi connectivity index (χ2n) is 2.87. The molecule has 10 heavy (non-hydrogen) atoms. The monoisotopic (exact) mass is 153 g/mol. The maximum Gasteiger partial charge on any atom is 0.447 e. The first-order chi connectivity index (χ1) is 4.29. The van der Waals surface area contributed by atoms with Crippen LogP contribution in [-0.2, 0) is 0 Å². The number of hydrogen-bond acceptors (Lipinski definition) is 1. The lowest BCUT2D eigenvalue weighted by Crippen LogP contribution is -2.33. The van der Waals surface area contributed by atoms with Crippen molar-refractivity contribution in [3.05, 3.63) is 0 Å². The fourth-order valence-electron chi connectivity index (χ4n) is 0. The lowest BCUT2D eigenvalue weighted by atomic mass is 10.4. The zero-order valence-corrected chi connectivity index (χ0v) is 6.90. The molecule has 0 spiro atoms. The van der Waals surface area contributed by atoms with Gasteiger partial charge in [0.25, 0.3) is 0 Å². The zero-order chi connectivity index (χ0) is 8.78. The van der Waals surface area contributed by atoms with Gasteiger partial charge in [0.2, 0.25) is 0 Å². The van der Waals surface area contributed by atoms with Crippen molar-refractivity contribution in [2.45, 2.75) is 6.92 Å². The number of rotatable bonds is 1. The molecule has 0 aromatic rings. The molecule has 0 aliphatic heterocycles. The van der Waals surface area contributed by atoms with Gasteiger partial charge in [0, 0.05) is 0 Å². The van der Waals surface area contributed by atoms with E-state index < -0.39 is 7.47 Å². The summed E-state index contributed by atoms with van der Waals surface area (Å²) in [5, 5.41) is 8.19. The minimum atomic E-state index is -3.42. The molecule has 0 bridgehead atoms. The Hall–Kier alpha value is -0.155. The Morgan fingerprint density at radius 2 is 1.40 bits per heavy atom. The summed E-state index contributed by atoms with van der Waals surface area (Å²) >= 11 is 0. The molecule has 0 atom stereocenters. The van der Waals surface area contributed by atoms with Crippen molar-refractivity contribution in [1.82, 2.24) is 0 Å². The molecule has 0 fully saturated rings. The maximum absolute atomic E-state index is 9.78. The van der Waals surface area contributed by atoms with E-state index in [1.165, 1.54) is 6.54 Å². The molecular weight excluding hydrogens is 139 g/mol. The van der Waals surface area contributed by atoms with Crippen LogP contribution in [0.15, 0.2) is 0 Å². The molecule has 0 rings (SSSR count). The predicted octanol–water partition coefficient (Wildman–Crippen LogP) is -0.0169. The highest BCUT2D eigenvalue weighted by Crippen LogP contribution is 1.83. The summed E-state index contributed by atoms with van der Waals surface area (Å²) in [7, 11) is 3.12. The van der Waals surface area contributed by atoms with Gasteiger partial charge in [-0.15, -0.1) is 0 Å². The van der Waals surface area contributed by atoms with Crippen LogP contribution in [0.5, 0.6) is 0 Å². The highest BCUT2D eigenvalue weighted by atomic mass is 19.2. The van der Waals surface area contributed by atoms with E-state index >= 15 is 0 Å². The van der Waals surface area contributed by atoms with Crippen molar-refractivity contribution in [3.63, 3.8) is 0 Å². The number of quaternary nitrogens is 1. The molecule has 0 N–H and O–H groups in total. The second-order valence-corrected chi connectivity index (χ2v) is 2.87. The Morgan fingerprint density at radius 3 is 1.40 bits per heavy atom. The van der Waals surface area contributed by atoms with Crippen LogP contribution in [0.2, 0.25) is 0 Å². The highest BCUT2D eigenvalue weighted by molar-refractivity contribution is 6.30. The topological polar surface area (TPSA) is 23.1 Å². The van der Waals surface area contributed by atoms with Gasteiger partial charge in [0.05, 0.1) is 27.7 Å². The van der Waals surface area contributed by atoms with Crippen molar-refractivity contribution < 1.29 is 18.1 Å². The van der Waals surface area contributed by atoms with Crippen LogP contribution in [0.3, 0.4) is 0 Å². The molecule has 0 aliphatic carbocycles. The summed E-state index contributed by atoms with van der Waals surface area (Å²) in [4.78, 5) is 0. The van der Waals surface area contributed by atoms with Crippen LogP contribution in [0.1, 0.15) is 6.92 Å². The Kier molecular flexibility index (Phi) is 7.03. The van der Waals surface area contributed by atoms with E-state index in [0.29, 0.717) is 0 Å². The highest BCUT2D eigenvalue weighted by Gasteiger charge is 1.97. The Labute approximate surface area is 61.3 Å². The zero-order valence-electron chi connectivity index (χ0n) is 6.90. The Bertz CT molecular complexity index is 71.8. The van der Waals surface area contributed by atoms with Crippen molar-refractivity contribution in [1.29, 1.82) is 0 Å². The van der Waals surface area contributed by atoms with Gasteiger partial charge in [0.15, 0.2) is 0 Å².